The lowest BCUT2D eigenvalue weighted by atomic mass is 10.2. The van der Waals surface area contributed by atoms with E-state index < -0.39 is 0 Å². The van der Waals surface area contributed by atoms with Crippen LogP contribution in [0.4, 0.5) is 0 Å². The standard InChI is InChI=1S/C12H22N2O/c1-4-6-10(2)12(15)14-8-5-7-11(14)9-13-3/h6,11,13H,4-5,7-9H2,1-3H3. The van der Waals surface area contributed by atoms with E-state index in [-0.39, 0.29) is 5.91 Å². The summed E-state index contributed by atoms with van der Waals surface area (Å²) >= 11 is 0. The van der Waals surface area contributed by atoms with E-state index in [1.165, 1.54) is 0 Å². The number of carbonyl (C=O) groups is 1. The summed E-state index contributed by atoms with van der Waals surface area (Å²) < 4.78 is 0. The molecule has 86 valence electrons. The molecule has 1 aliphatic heterocycles. The number of carbonyl (C=O) groups excluding carboxylic acids is 1. The number of amides is 1. The molecule has 0 aromatic rings. The zero-order valence-corrected chi connectivity index (χ0v) is 10.0. The summed E-state index contributed by atoms with van der Waals surface area (Å²) in [5, 5.41) is 3.15. The second-order valence-corrected chi connectivity index (χ2v) is 4.15. The van der Waals surface area contributed by atoms with Gasteiger partial charge in [-0.15, -0.1) is 0 Å². The highest BCUT2D eigenvalue weighted by atomic mass is 16.2. The molecule has 0 aliphatic carbocycles. The van der Waals surface area contributed by atoms with E-state index in [1.807, 2.05) is 24.9 Å². The third-order valence-corrected chi connectivity index (χ3v) is 2.93. The van der Waals surface area contributed by atoms with Gasteiger partial charge in [0.2, 0.25) is 5.91 Å². The Labute approximate surface area is 92.5 Å². The van der Waals surface area contributed by atoms with Crippen molar-refractivity contribution in [1.82, 2.24) is 10.2 Å². The Morgan fingerprint density at radius 2 is 2.33 bits per heavy atom. The van der Waals surface area contributed by atoms with Crippen LogP contribution in [0, 0.1) is 0 Å². The molecule has 1 unspecified atom stereocenters. The first kappa shape index (κ1) is 12.2. The minimum Gasteiger partial charge on any atom is -0.335 e. The van der Waals surface area contributed by atoms with Gasteiger partial charge in [0.25, 0.3) is 0 Å². The van der Waals surface area contributed by atoms with Crippen LogP contribution < -0.4 is 5.32 Å². The van der Waals surface area contributed by atoms with Gasteiger partial charge in [-0.05, 0) is 33.2 Å². The summed E-state index contributed by atoms with van der Waals surface area (Å²) in [6.45, 7) is 5.80. The van der Waals surface area contributed by atoms with Crippen LogP contribution in [0.15, 0.2) is 11.6 Å². The minimum absolute atomic E-state index is 0.217. The fourth-order valence-corrected chi connectivity index (χ4v) is 2.17. The fraction of sp³-hybridized carbons (Fsp3) is 0.750. The predicted molar refractivity (Wildman–Crippen MR) is 62.7 cm³/mol. The number of nitrogens with zero attached hydrogens (tertiary/aromatic N) is 1. The molecule has 1 rings (SSSR count). The molecule has 0 aromatic carbocycles. The van der Waals surface area contributed by atoms with Crippen LogP contribution in [0.25, 0.3) is 0 Å². The first-order valence-corrected chi connectivity index (χ1v) is 5.83. The number of allylic oxidation sites excluding steroid dienone is 1. The van der Waals surface area contributed by atoms with Gasteiger partial charge >= 0.3 is 0 Å². The van der Waals surface area contributed by atoms with Crippen LogP contribution in [0.2, 0.25) is 0 Å². The molecule has 1 aliphatic rings. The highest BCUT2D eigenvalue weighted by molar-refractivity contribution is 5.93. The van der Waals surface area contributed by atoms with Crippen molar-refractivity contribution < 1.29 is 4.79 Å². The second-order valence-electron chi connectivity index (χ2n) is 4.15. The smallest absolute Gasteiger partial charge is 0.249 e. The zero-order valence-electron chi connectivity index (χ0n) is 10.0. The first-order chi connectivity index (χ1) is 7.20. The summed E-state index contributed by atoms with van der Waals surface area (Å²) in [6, 6.07) is 0.391. The van der Waals surface area contributed by atoms with Crippen molar-refractivity contribution in [3.8, 4) is 0 Å². The molecule has 0 aromatic heterocycles. The monoisotopic (exact) mass is 210 g/mol. The van der Waals surface area contributed by atoms with Gasteiger partial charge in [0.1, 0.15) is 0 Å². The topological polar surface area (TPSA) is 32.3 Å². The Balaban J connectivity index is 2.62. The first-order valence-electron chi connectivity index (χ1n) is 5.83. The van der Waals surface area contributed by atoms with Crippen LogP contribution >= 0.6 is 0 Å². The molecule has 3 heteroatoms. The second kappa shape index (κ2) is 5.91. The van der Waals surface area contributed by atoms with Gasteiger partial charge < -0.3 is 10.2 Å². The molecule has 1 amide bonds. The molecule has 0 spiro atoms. The van der Waals surface area contributed by atoms with E-state index in [1.54, 1.807) is 0 Å². The van der Waals surface area contributed by atoms with Gasteiger partial charge in [-0.1, -0.05) is 13.0 Å². The van der Waals surface area contributed by atoms with Crippen LogP contribution in [0.1, 0.15) is 33.1 Å². The Morgan fingerprint density at radius 3 is 2.93 bits per heavy atom. The Kier molecular flexibility index (Phi) is 4.82. The van der Waals surface area contributed by atoms with Crippen molar-refractivity contribution in [2.24, 2.45) is 0 Å². The number of rotatable bonds is 4. The van der Waals surface area contributed by atoms with Crippen LogP contribution in [0.5, 0.6) is 0 Å². The molecule has 1 saturated heterocycles. The molecule has 1 atom stereocenters. The SMILES string of the molecule is CCC=C(C)C(=O)N1CCCC1CNC. The molecular formula is C12H22N2O. The number of likely N-dealkylation sites (tertiary alicyclic amines) is 1. The van der Waals surface area contributed by atoms with Crippen LogP contribution in [-0.4, -0.2) is 37.0 Å². The molecule has 1 N–H and O–H groups in total. The average molecular weight is 210 g/mol. The van der Waals surface area contributed by atoms with E-state index in [9.17, 15) is 4.79 Å². The Bertz CT molecular complexity index is 248. The van der Waals surface area contributed by atoms with Crippen molar-refractivity contribution in [3.63, 3.8) is 0 Å². The molecule has 1 fully saturated rings. The molecule has 1 heterocycles. The number of hydrogen-bond acceptors (Lipinski definition) is 2. The van der Waals surface area contributed by atoms with E-state index in [2.05, 4.69) is 12.2 Å². The number of likely N-dealkylation sites (N-methyl/N-ethyl adjacent to an activating group) is 1. The summed E-state index contributed by atoms with van der Waals surface area (Å²) in [7, 11) is 1.94. The maximum absolute atomic E-state index is 12.1. The van der Waals surface area contributed by atoms with Gasteiger partial charge in [0.15, 0.2) is 0 Å². The largest absolute Gasteiger partial charge is 0.335 e. The van der Waals surface area contributed by atoms with E-state index in [4.69, 9.17) is 0 Å². The van der Waals surface area contributed by atoms with Gasteiger partial charge in [-0.25, -0.2) is 0 Å². The third kappa shape index (κ3) is 3.06. The van der Waals surface area contributed by atoms with Gasteiger partial charge in [-0.3, -0.25) is 4.79 Å². The number of nitrogens with one attached hydrogen (secondary N) is 1. The van der Waals surface area contributed by atoms with Crippen molar-refractivity contribution in [2.45, 2.75) is 39.2 Å². The lowest BCUT2D eigenvalue weighted by Gasteiger charge is -2.24. The molecule has 0 bridgehead atoms. The Morgan fingerprint density at radius 1 is 1.60 bits per heavy atom. The van der Waals surface area contributed by atoms with Crippen molar-refractivity contribution >= 4 is 5.91 Å². The number of hydrogen-bond donors (Lipinski definition) is 1. The summed E-state index contributed by atoms with van der Waals surface area (Å²) in [5.74, 6) is 0.217. The van der Waals surface area contributed by atoms with Crippen LogP contribution in [0.3, 0.4) is 0 Å². The maximum atomic E-state index is 12.1. The lowest BCUT2D eigenvalue weighted by molar-refractivity contribution is -0.127. The zero-order chi connectivity index (χ0) is 11.3. The summed E-state index contributed by atoms with van der Waals surface area (Å²) in [6.07, 6.45) is 5.21. The maximum Gasteiger partial charge on any atom is 0.249 e. The third-order valence-electron chi connectivity index (χ3n) is 2.93. The molecule has 0 saturated carbocycles. The molecule has 3 nitrogen and oxygen atoms in total. The van der Waals surface area contributed by atoms with Crippen LogP contribution in [-0.2, 0) is 4.79 Å². The molecular weight excluding hydrogens is 188 g/mol. The summed E-state index contributed by atoms with van der Waals surface area (Å²) in [4.78, 5) is 14.1. The predicted octanol–water partition coefficient (Wildman–Crippen LogP) is 1.55. The van der Waals surface area contributed by atoms with E-state index in [0.29, 0.717) is 6.04 Å². The van der Waals surface area contributed by atoms with Crippen molar-refractivity contribution in [2.75, 3.05) is 20.1 Å². The summed E-state index contributed by atoms with van der Waals surface area (Å²) in [5.41, 5.74) is 0.889. The highest BCUT2D eigenvalue weighted by Crippen LogP contribution is 2.19. The fourth-order valence-electron chi connectivity index (χ4n) is 2.17. The van der Waals surface area contributed by atoms with Crippen molar-refractivity contribution in [3.05, 3.63) is 11.6 Å². The van der Waals surface area contributed by atoms with E-state index >= 15 is 0 Å². The normalized spacial score (nSPS) is 22.2. The van der Waals surface area contributed by atoms with Gasteiger partial charge in [-0.2, -0.15) is 0 Å². The lowest BCUT2D eigenvalue weighted by Crippen LogP contribution is -2.41. The quantitative estimate of drug-likeness (QED) is 0.714. The van der Waals surface area contributed by atoms with E-state index in [0.717, 1.165) is 37.9 Å². The minimum atomic E-state index is 0.217. The van der Waals surface area contributed by atoms with Gasteiger partial charge in [0, 0.05) is 24.7 Å². The molecule has 15 heavy (non-hydrogen) atoms. The molecule has 0 radical (unpaired) electrons. The van der Waals surface area contributed by atoms with Gasteiger partial charge in [0.05, 0.1) is 0 Å². The average Bonchev–Trinajstić information content (AvgIpc) is 2.66. The highest BCUT2D eigenvalue weighted by Gasteiger charge is 2.28. The Hall–Kier alpha value is -0.830. The van der Waals surface area contributed by atoms with Crippen molar-refractivity contribution in [1.29, 1.82) is 0 Å².